The van der Waals surface area contributed by atoms with Crippen molar-refractivity contribution in [3.8, 4) is 5.75 Å². The van der Waals surface area contributed by atoms with Crippen molar-refractivity contribution in [1.82, 2.24) is 10.2 Å². The molecule has 1 N–H and O–H groups in total. The third-order valence-corrected chi connectivity index (χ3v) is 7.72. The zero-order chi connectivity index (χ0) is 27.2. The van der Waals surface area contributed by atoms with E-state index in [1.54, 1.807) is 44.4 Å². The van der Waals surface area contributed by atoms with E-state index in [0.29, 0.717) is 11.3 Å². The number of ether oxygens (including phenoxy) is 1. The lowest BCUT2D eigenvalue weighted by molar-refractivity contribution is -0.139. The summed E-state index contributed by atoms with van der Waals surface area (Å²) in [5, 5.41) is 3.03. The number of nitrogens with zero attached hydrogens (tertiary/aromatic N) is 2. The maximum atomic E-state index is 13.7. The molecule has 1 saturated carbocycles. The van der Waals surface area contributed by atoms with Gasteiger partial charge in [0.15, 0.2) is 5.78 Å². The van der Waals surface area contributed by atoms with Crippen LogP contribution in [0.1, 0.15) is 55.5 Å². The molecule has 0 spiro atoms. The molecule has 9 nitrogen and oxygen atoms in total. The second kappa shape index (κ2) is 12.2. The van der Waals surface area contributed by atoms with Gasteiger partial charge in [-0.2, -0.15) is 0 Å². The van der Waals surface area contributed by atoms with Crippen molar-refractivity contribution in [3.05, 3.63) is 59.7 Å². The van der Waals surface area contributed by atoms with Gasteiger partial charge < -0.3 is 15.0 Å². The maximum Gasteiger partial charge on any atom is 0.244 e. The quantitative estimate of drug-likeness (QED) is 0.448. The van der Waals surface area contributed by atoms with E-state index in [4.69, 9.17) is 4.74 Å². The van der Waals surface area contributed by atoms with Gasteiger partial charge >= 0.3 is 0 Å². The Balaban J connectivity index is 1.92. The zero-order valence-corrected chi connectivity index (χ0v) is 22.6. The van der Waals surface area contributed by atoms with E-state index in [1.165, 1.54) is 24.0 Å². The third kappa shape index (κ3) is 7.55. The standard InChI is InChI=1S/C27H35N3O6S/c1-19(27(33)28-23-11-5-6-12-23)29(17-21-9-7-14-25(15-21)36-3)26(32)18-30(37(4,34)35)24-13-8-10-22(16-24)20(2)31/h7-10,13-16,19,23H,5-6,11-12,17-18H2,1-4H3,(H,28,33)/t19-/m0/s1. The number of carbonyl (C=O) groups excluding carboxylic acids is 3. The van der Waals surface area contributed by atoms with Gasteiger partial charge in [-0.1, -0.05) is 37.1 Å². The molecule has 0 aromatic heterocycles. The van der Waals surface area contributed by atoms with Gasteiger partial charge in [0.1, 0.15) is 18.3 Å². The lowest BCUT2D eigenvalue weighted by atomic mass is 10.1. The number of methoxy groups -OCH3 is 1. The van der Waals surface area contributed by atoms with Crippen LogP contribution >= 0.6 is 0 Å². The number of hydrogen-bond acceptors (Lipinski definition) is 6. The number of rotatable bonds is 11. The SMILES string of the molecule is COc1cccc(CN(C(=O)CN(c2cccc(C(C)=O)c2)S(C)(=O)=O)[C@@H](C)C(=O)NC2CCCC2)c1. The van der Waals surface area contributed by atoms with Gasteiger partial charge in [-0.15, -0.1) is 0 Å². The number of hydrogen-bond donors (Lipinski definition) is 1. The second-order valence-corrected chi connectivity index (χ2v) is 11.3. The highest BCUT2D eigenvalue weighted by atomic mass is 32.2. The summed E-state index contributed by atoms with van der Waals surface area (Å²) in [6.07, 6.45) is 4.90. The van der Waals surface area contributed by atoms with E-state index >= 15 is 0 Å². The van der Waals surface area contributed by atoms with Gasteiger partial charge in [0.05, 0.1) is 19.1 Å². The Hall–Kier alpha value is -3.40. The highest BCUT2D eigenvalue weighted by Gasteiger charge is 2.31. The molecule has 0 saturated heterocycles. The summed E-state index contributed by atoms with van der Waals surface area (Å²) in [4.78, 5) is 40.1. The summed E-state index contributed by atoms with van der Waals surface area (Å²) >= 11 is 0. The number of carbonyl (C=O) groups is 3. The van der Waals surface area contributed by atoms with Crippen molar-refractivity contribution < 1.29 is 27.5 Å². The molecule has 2 amide bonds. The van der Waals surface area contributed by atoms with Crippen molar-refractivity contribution in [2.45, 2.75) is 58.2 Å². The minimum absolute atomic E-state index is 0.0746. The number of Topliss-reactive ketones (excluding diaryl/α,β-unsaturated/α-hetero) is 1. The van der Waals surface area contributed by atoms with E-state index < -0.39 is 28.5 Å². The number of sulfonamides is 1. The van der Waals surface area contributed by atoms with Crippen LogP contribution in [0, 0.1) is 0 Å². The van der Waals surface area contributed by atoms with E-state index in [1.807, 2.05) is 6.07 Å². The largest absolute Gasteiger partial charge is 0.497 e. The summed E-state index contributed by atoms with van der Waals surface area (Å²) in [5.74, 6) is -0.451. The van der Waals surface area contributed by atoms with Gasteiger partial charge in [0.2, 0.25) is 21.8 Å². The highest BCUT2D eigenvalue weighted by molar-refractivity contribution is 7.92. The fourth-order valence-electron chi connectivity index (χ4n) is 4.44. The van der Waals surface area contributed by atoms with Crippen molar-refractivity contribution >= 4 is 33.3 Å². The van der Waals surface area contributed by atoms with E-state index in [2.05, 4.69) is 5.32 Å². The van der Waals surface area contributed by atoms with Crippen LogP contribution < -0.4 is 14.4 Å². The number of anilines is 1. The third-order valence-electron chi connectivity index (χ3n) is 6.58. The molecule has 1 aliphatic rings. The molecule has 200 valence electrons. The molecule has 0 heterocycles. The van der Waals surface area contributed by atoms with Crippen LogP contribution in [0.2, 0.25) is 0 Å². The lowest BCUT2D eigenvalue weighted by Gasteiger charge is -2.32. The molecule has 0 radical (unpaired) electrons. The first-order valence-corrected chi connectivity index (χ1v) is 14.2. The molecule has 0 unspecified atom stereocenters. The Morgan fingerprint density at radius 2 is 1.76 bits per heavy atom. The minimum Gasteiger partial charge on any atom is -0.497 e. The highest BCUT2D eigenvalue weighted by Crippen LogP contribution is 2.22. The number of nitrogens with one attached hydrogen (secondary N) is 1. The molecular formula is C27H35N3O6S. The van der Waals surface area contributed by atoms with Crippen LogP contribution in [-0.2, 0) is 26.2 Å². The summed E-state index contributed by atoms with van der Waals surface area (Å²) < 4.78 is 31.7. The number of ketones is 1. The van der Waals surface area contributed by atoms with Gasteiger partial charge in [-0.25, -0.2) is 8.42 Å². The number of amides is 2. The summed E-state index contributed by atoms with van der Waals surface area (Å²) in [6.45, 7) is 2.59. The molecule has 1 atom stereocenters. The fraction of sp³-hybridized carbons (Fsp3) is 0.444. The van der Waals surface area contributed by atoms with Crippen LogP contribution in [-0.4, -0.2) is 62.9 Å². The van der Waals surface area contributed by atoms with Crippen molar-refractivity contribution in [2.24, 2.45) is 0 Å². The van der Waals surface area contributed by atoms with Crippen LogP contribution in [0.15, 0.2) is 48.5 Å². The van der Waals surface area contributed by atoms with E-state index in [-0.39, 0.29) is 30.0 Å². The molecule has 0 aliphatic heterocycles. The first-order chi connectivity index (χ1) is 17.5. The van der Waals surface area contributed by atoms with Gasteiger partial charge in [-0.3, -0.25) is 18.7 Å². The molecule has 1 fully saturated rings. The molecule has 0 bridgehead atoms. The summed E-state index contributed by atoms with van der Waals surface area (Å²) in [6, 6.07) is 12.5. The molecular weight excluding hydrogens is 494 g/mol. The molecule has 2 aromatic carbocycles. The molecule has 37 heavy (non-hydrogen) atoms. The van der Waals surface area contributed by atoms with E-state index in [0.717, 1.165) is 41.8 Å². The van der Waals surface area contributed by atoms with Crippen LogP contribution in [0.5, 0.6) is 5.75 Å². The van der Waals surface area contributed by atoms with Crippen molar-refractivity contribution in [2.75, 3.05) is 24.2 Å². The first kappa shape index (κ1) is 28.2. The minimum atomic E-state index is -3.88. The van der Waals surface area contributed by atoms with Crippen LogP contribution in [0.25, 0.3) is 0 Å². The topological polar surface area (TPSA) is 113 Å². The Labute approximate surface area is 218 Å². The second-order valence-electron chi connectivity index (χ2n) is 9.42. The Kier molecular flexibility index (Phi) is 9.31. The first-order valence-electron chi connectivity index (χ1n) is 12.3. The van der Waals surface area contributed by atoms with Crippen LogP contribution in [0.4, 0.5) is 5.69 Å². The van der Waals surface area contributed by atoms with Gasteiger partial charge in [-0.05, 0) is 56.5 Å². The molecule has 1 aliphatic carbocycles. The normalized spacial score (nSPS) is 14.6. The molecule has 2 aromatic rings. The van der Waals surface area contributed by atoms with Crippen molar-refractivity contribution in [1.29, 1.82) is 0 Å². The Bertz CT molecular complexity index is 1240. The molecule has 10 heteroatoms. The van der Waals surface area contributed by atoms with Crippen LogP contribution in [0.3, 0.4) is 0 Å². The Morgan fingerprint density at radius 1 is 1.08 bits per heavy atom. The average Bonchev–Trinajstić information content (AvgIpc) is 3.37. The lowest BCUT2D eigenvalue weighted by Crippen LogP contribution is -2.52. The fourth-order valence-corrected chi connectivity index (χ4v) is 5.28. The predicted octanol–water partition coefficient (Wildman–Crippen LogP) is 3.14. The summed E-state index contributed by atoms with van der Waals surface area (Å²) in [5.41, 5.74) is 1.27. The average molecular weight is 530 g/mol. The predicted molar refractivity (Wildman–Crippen MR) is 142 cm³/mol. The van der Waals surface area contributed by atoms with Gasteiger partial charge in [0.25, 0.3) is 0 Å². The van der Waals surface area contributed by atoms with Gasteiger partial charge in [0, 0.05) is 18.2 Å². The smallest absolute Gasteiger partial charge is 0.244 e. The zero-order valence-electron chi connectivity index (χ0n) is 21.8. The molecule has 3 rings (SSSR count). The Morgan fingerprint density at radius 3 is 2.38 bits per heavy atom. The monoisotopic (exact) mass is 529 g/mol. The maximum absolute atomic E-state index is 13.7. The van der Waals surface area contributed by atoms with E-state index in [9.17, 15) is 22.8 Å². The number of benzene rings is 2. The summed E-state index contributed by atoms with van der Waals surface area (Å²) in [7, 11) is -2.34. The van der Waals surface area contributed by atoms with Crippen molar-refractivity contribution in [3.63, 3.8) is 0 Å².